The molecule has 0 aromatic carbocycles. The van der Waals surface area contributed by atoms with Crippen molar-refractivity contribution in [1.82, 2.24) is 5.32 Å². The summed E-state index contributed by atoms with van der Waals surface area (Å²) >= 11 is 0. The fraction of sp³-hybridized carbons (Fsp3) is 1.00. The van der Waals surface area contributed by atoms with Gasteiger partial charge in [-0.1, -0.05) is 47.5 Å². The molecule has 0 aliphatic rings. The van der Waals surface area contributed by atoms with E-state index in [2.05, 4.69) is 39.9 Å². The third-order valence-electron chi connectivity index (χ3n) is 2.81. The Balaban J connectivity index is 3.83. The maximum atomic E-state index is 3.60. The van der Waals surface area contributed by atoms with Gasteiger partial charge in [0, 0.05) is 6.54 Å². The van der Waals surface area contributed by atoms with Gasteiger partial charge in [0.15, 0.2) is 0 Å². The van der Waals surface area contributed by atoms with Gasteiger partial charge in [0.25, 0.3) is 0 Å². The molecule has 0 unspecified atom stereocenters. The molecule has 0 fully saturated rings. The first-order chi connectivity index (χ1) is 6.54. The molecule has 0 atom stereocenters. The first kappa shape index (κ1) is 14.0. The number of rotatable bonds is 8. The molecule has 0 aromatic rings. The van der Waals surface area contributed by atoms with Crippen LogP contribution in [0.2, 0.25) is 0 Å². The largest absolute Gasteiger partial charge is 0.316 e. The van der Waals surface area contributed by atoms with Crippen molar-refractivity contribution in [3.63, 3.8) is 0 Å². The molecule has 0 aliphatic heterocycles. The smallest absolute Gasteiger partial charge is 0.000527 e. The lowest BCUT2D eigenvalue weighted by molar-refractivity contribution is 0.249. The van der Waals surface area contributed by atoms with E-state index in [4.69, 9.17) is 0 Å². The zero-order valence-electron chi connectivity index (χ0n) is 10.8. The quantitative estimate of drug-likeness (QED) is 0.626. The Bertz CT molecular complexity index is 123. The Morgan fingerprint density at radius 2 is 1.57 bits per heavy atom. The van der Waals surface area contributed by atoms with Crippen LogP contribution in [-0.4, -0.2) is 13.1 Å². The summed E-state index contributed by atoms with van der Waals surface area (Å²) in [5.74, 6) is 0.766. The second-order valence-electron chi connectivity index (χ2n) is 5.34. The highest BCUT2D eigenvalue weighted by molar-refractivity contribution is 4.76. The SMILES string of the molecule is CCCC(C)(CCC)CNCC(C)C. The first-order valence-electron chi connectivity index (χ1n) is 6.24. The van der Waals surface area contributed by atoms with E-state index in [1.165, 1.54) is 32.2 Å². The Morgan fingerprint density at radius 1 is 1.07 bits per heavy atom. The van der Waals surface area contributed by atoms with Crippen molar-refractivity contribution >= 4 is 0 Å². The van der Waals surface area contributed by atoms with Gasteiger partial charge in [0.2, 0.25) is 0 Å². The van der Waals surface area contributed by atoms with Crippen LogP contribution in [0.4, 0.5) is 0 Å². The fourth-order valence-electron chi connectivity index (χ4n) is 2.17. The van der Waals surface area contributed by atoms with E-state index in [-0.39, 0.29) is 0 Å². The van der Waals surface area contributed by atoms with Crippen molar-refractivity contribution in [2.24, 2.45) is 11.3 Å². The fourth-order valence-corrected chi connectivity index (χ4v) is 2.17. The summed E-state index contributed by atoms with van der Waals surface area (Å²) in [4.78, 5) is 0. The van der Waals surface area contributed by atoms with Gasteiger partial charge in [-0.05, 0) is 30.7 Å². The monoisotopic (exact) mass is 199 g/mol. The average molecular weight is 199 g/mol. The molecule has 0 spiro atoms. The van der Waals surface area contributed by atoms with E-state index in [0.29, 0.717) is 5.41 Å². The van der Waals surface area contributed by atoms with Gasteiger partial charge in [0.1, 0.15) is 0 Å². The molecule has 0 saturated carbocycles. The van der Waals surface area contributed by atoms with Crippen LogP contribution in [0.5, 0.6) is 0 Å². The van der Waals surface area contributed by atoms with Gasteiger partial charge in [-0.2, -0.15) is 0 Å². The van der Waals surface area contributed by atoms with E-state index < -0.39 is 0 Å². The van der Waals surface area contributed by atoms with Gasteiger partial charge in [-0.3, -0.25) is 0 Å². The van der Waals surface area contributed by atoms with Crippen LogP contribution >= 0.6 is 0 Å². The Kier molecular flexibility index (Phi) is 7.26. The minimum absolute atomic E-state index is 0.526. The molecule has 0 rings (SSSR count). The van der Waals surface area contributed by atoms with E-state index in [0.717, 1.165) is 12.5 Å². The summed E-state index contributed by atoms with van der Waals surface area (Å²) in [7, 11) is 0. The lowest BCUT2D eigenvalue weighted by atomic mass is 9.81. The molecule has 0 aromatic heterocycles. The molecule has 86 valence electrons. The normalized spacial score (nSPS) is 12.4. The van der Waals surface area contributed by atoms with Crippen molar-refractivity contribution < 1.29 is 0 Å². The summed E-state index contributed by atoms with van der Waals surface area (Å²) in [5, 5.41) is 3.60. The van der Waals surface area contributed by atoms with Crippen molar-refractivity contribution in [3.8, 4) is 0 Å². The molecule has 14 heavy (non-hydrogen) atoms. The highest BCUT2D eigenvalue weighted by atomic mass is 14.9. The van der Waals surface area contributed by atoms with Crippen molar-refractivity contribution in [3.05, 3.63) is 0 Å². The molecule has 0 aliphatic carbocycles. The lowest BCUT2D eigenvalue weighted by Crippen LogP contribution is -2.33. The Morgan fingerprint density at radius 3 is 1.93 bits per heavy atom. The maximum absolute atomic E-state index is 3.60. The second-order valence-corrected chi connectivity index (χ2v) is 5.34. The van der Waals surface area contributed by atoms with Crippen molar-refractivity contribution in [1.29, 1.82) is 0 Å². The zero-order valence-corrected chi connectivity index (χ0v) is 10.8. The Hall–Kier alpha value is -0.0400. The summed E-state index contributed by atoms with van der Waals surface area (Å²) in [6, 6.07) is 0. The minimum atomic E-state index is 0.526. The van der Waals surface area contributed by atoms with Gasteiger partial charge < -0.3 is 5.32 Å². The predicted molar refractivity (Wildman–Crippen MR) is 65.6 cm³/mol. The molecule has 0 saturated heterocycles. The third kappa shape index (κ3) is 6.42. The molecular weight excluding hydrogens is 170 g/mol. The lowest BCUT2D eigenvalue weighted by Gasteiger charge is -2.29. The average Bonchev–Trinajstić information content (AvgIpc) is 2.03. The first-order valence-corrected chi connectivity index (χ1v) is 6.24. The molecule has 1 N–H and O–H groups in total. The van der Waals surface area contributed by atoms with E-state index in [9.17, 15) is 0 Å². The molecule has 0 radical (unpaired) electrons. The molecule has 0 bridgehead atoms. The molecular formula is C13H29N. The standard InChI is InChI=1S/C13H29N/c1-6-8-13(5,9-7-2)11-14-10-12(3)4/h12,14H,6-11H2,1-5H3. The Labute approximate surface area is 90.7 Å². The molecule has 1 nitrogen and oxygen atoms in total. The van der Waals surface area contributed by atoms with E-state index >= 15 is 0 Å². The third-order valence-corrected chi connectivity index (χ3v) is 2.81. The van der Waals surface area contributed by atoms with Gasteiger partial charge >= 0.3 is 0 Å². The van der Waals surface area contributed by atoms with Gasteiger partial charge in [-0.25, -0.2) is 0 Å². The van der Waals surface area contributed by atoms with Gasteiger partial charge in [0.05, 0.1) is 0 Å². The highest BCUT2D eigenvalue weighted by Gasteiger charge is 2.21. The predicted octanol–water partition coefficient (Wildman–Crippen LogP) is 3.84. The van der Waals surface area contributed by atoms with Crippen molar-refractivity contribution in [2.45, 2.75) is 60.3 Å². The van der Waals surface area contributed by atoms with Crippen LogP contribution < -0.4 is 5.32 Å². The molecule has 1 heteroatoms. The van der Waals surface area contributed by atoms with Gasteiger partial charge in [-0.15, -0.1) is 0 Å². The van der Waals surface area contributed by atoms with Crippen LogP contribution in [0.25, 0.3) is 0 Å². The van der Waals surface area contributed by atoms with Crippen LogP contribution in [0.3, 0.4) is 0 Å². The number of hydrogen-bond acceptors (Lipinski definition) is 1. The van der Waals surface area contributed by atoms with Crippen LogP contribution in [0.1, 0.15) is 60.3 Å². The zero-order chi connectivity index (χ0) is 11.0. The number of nitrogens with one attached hydrogen (secondary N) is 1. The molecule has 0 amide bonds. The van der Waals surface area contributed by atoms with Crippen LogP contribution in [0.15, 0.2) is 0 Å². The minimum Gasteiger partial charge on any atom is -0.316 e. The second kappa shape index (κ2) is 7.28. The van der Waals surface area contributed by atoms with Crippen LogP contribution in [-0.2, 0) is 0 Å². The summed E-state index contributed by atoms with van der Waals surface area (Å²) in [6.07, 6.45) is 5.32. The number of hydrogen-bond donors (Lipinski definition) is 1. The topological polar surface area (TPSA) is 12.0 Å². The van der Waals surface area contributed by atoms with E-state index in [1.54, 1.807) is 0 Å². The summed E-state index contributed by atoms with van der Waals surface area (Å²) < 4.78 is 0. The maximum Gasteiger partial charge on any atom is 0.000527 e. The van der Waals surface area contributed by atoms with Crippen LogP contribution in [0, 0.1) is 11.3 Å². The summed E-state index contributed by atoms with van der Waals surface area (Å²) in [5.41, 5.74) is 0.526. The van der Waals surface area contributed by atoms with E-state index in [1.807, 2.05) is 0 Å². The molecule has 0 heterocycles. The highest BCUT2D eigenvalue weighted by Crippen LogP contribution is 2.28. The summed E-state index contributed by atoms with van der Waals surface area (Å²) in [6.45, 7) is 13.9. The van der Waals surface area contributed by atoms with Crippen molar-refractivity contribution in [2.75, 3.05) is 13.1 Å².